The van der Waals surface area contributed by atoms with Gasteiger partial charge in [-0.1, -0.05) is 12.1 Å². The largest absolute Gasteiger partial charge is 0.335 e. The highest BCUT2D eigenvalue weighted by Gasteiger charge is 2.23. The Morgan fingerprint density at radius 3 is 2.19 bits per heavy atom. The molecule has 0 aliphatic carbocycles. The summed E-state index contributed by atoms with van der Waals surface area (Å²) in [4.78, 5) is 18.6. The van der Waals surface area contributed by atoms with Crippen molar-refractivity contribution in [2.24, 2.45) is 0 Å². The van der Waals surface area contributed by atoms with Crippen LogP contribution in [0.15, 0.2) is 66.1 Å². The number of sulfonamides is 1. The lowest BCUT2D eigenvalue weighted by atomic mass is 10.1. The molecule has 1 N–H and O–H groups in total. The van der Waals surface area contributed by atoms with Crippen LogP contribution in [0.1, 0.15) is 49.7 Å². The molecule has 0 radical (unpaired) electrons. The summed E-state index contributed by atoms with van der Waals surface area (Å²) < 4.78 is 29.2. The molecule has 8 nitrogen and oxygen atoms in total. The Balaban J connectivity index is 1.73. The molecule has 0 spiro atoms. The minimum atomic E-state index is -3.65. The number of hydrogen-bond acceptors (Lipinski definition) is 5. The van der Waals surface area contributed by atoms with Crippen molar-refractivity contribution < 1.29 is 13.2 Å². The Bertz CT molecular complexity index is 1130. The standard InChI is InChI=1S/C22H27N5O3S/c1-16(17-6-10-19(11-7-17)27-15-23-14-24-27)26(5)21(28)18-8-12-20(13-9-18)31(29,30)25-22(2,3)4/h6-16,25H,1-5H3. The van der Waals surface area contributed by atoms with Crippen LogP contribution in [-0.4, -0.2) is 46.6 Å². The Labute approximate surface area is 183 Å². The third-order valence-corrected chi connectivity index (χ3v) is 6.59. The van der Waals surface area contributed by atoms with Crippen molar-refractivity contribution in [3.05, 3.63) is 72.3 Å². The van der Waals surface area contributed by atoms with Crippen LogP contribution < -0.4 is 4.72 Å². The lowest BCUT2D eigenvalue weighted by Gasteiger charge is -2.26. The van der Waals surface area contributed by atoms with Gasteiger partial charge in [-0.3, -0.25) is 4.79 Å². The topological polar surface area (TPSA) is 97.2 Å². The molecule has 9 heteroatoms. The molecule has 2 aromatic carbocycles. The number of benzene rings is 2. The summed E-state index contributed by atoms with van der Waals surface area (Å²) in [5, 5.41) is 4.10. The smallest absolute Gasteiger partial charge is 0.254 e. The normalized spacial score (nSPS) is 13.1. The summed E-state index contributed by atoms with van der Waals surface area (Å²) in [7, 11) is -1.92. The Morgan fingerprint density at radius 1 is 1.06 bits per heavy atom. The Morgan fingerprint density at radius 2 is 1.68 bits per heavy atom. The van der Waals surface area contributed by atoms with Crippen molar-refractivity contribution in [2.45, 2.75) is 44.2 Å². The van der Waals surface area contributed by atoms with Crippen LogP contribution in [0.5, 0.6) is 0 Å². The lowest BCUT2D eigenvalue weighted by molar-refractivity contribution is 0.0742. The van der Waals surface area contributed by atoms with Gasteiger partial charge in [-0.2, -0.15) is 5.10 Å². The van der Waals surface area contributed by atoms with Crippen LogP contribution in [0, 0.1) is 0 Å². The van der Waals surface area contributed by atoms with Gasteiger partial charge < -0.3 is 4.90 Å². The first-order valence-electron chi connectivity index (χ1n) is 9.84. The lowest BCUT2D eigenvalue weighted by Crippen LogP contribution is -2.40. The number of nitrogens with zero attached hydrogens (tertiary/aromatic N) is 4. The van der Waals surface area contributed by atoms with Crippen LogP contribution in [0.3, 0.4) is 0 Å². The van der Waals surface area contributed by atoms with Crippen LogP contribution in [0.25, 0.3) is 5.69 Å². The fourth-order valence-corrected chi connectivity index (χ4v) is 4.51. The predicted molar refractivity (Wildman–Crippen MR) is 118 cm³/mol. The van der Waals surface area contributed by atoms with Gasteiger partial charge in [0.25, 0.3) is 5.91 Å². The van der Waals surface area contributed by atoms with E-state index in [4.69, 9.17) is 0 Å². The molecule has 3 rings (SSSR count). The van der Waals surface area contributed by atoms with E-state index in [9.17, 15) is 13.2 Å². The van der Waals surface area contributed by atoms with Gasteiger partial charge >= 0.3 is 0 Å². The average molecular weight is 442 g/mol. The molecule has 1 unspecified atom stereocenters. The van der Waals surface area contributed by atoms with E-state index in [1.165, 1.54) is 30.6 Å². The van der Waals surface area contributed by atoms with Crippen molar-refractivity contribution in [1.29, 1.82) is 0 Å². The van der Waals surface area contributed by atoms with E-state index in [0.29, 0.717) is 5.56 Å². The summed E-state index contributed by atoms with van der Waals surface area (Å²) in [6, 6.07) is 13.5. The predicted octanol–water partition coefficient (Wildman–Crippen LogP) is 3.18. The molecule has 0 saturated carbocycles. The van der Waals surface area contributed by atoms with E-state index in [1.54, 1.807) is 43.7 Å². The van der Waals surface area contributed by atoms with Gasteiger partial charge in [0, 0.05) is 18.2 Å². The first kappa shape index (κ1) is 22.6. The molecule has 0 fully saturated rings. The van der Waals surface area contributed by atoms with E-state index in [-0.39, 0.29) is 16.8 Å². The van der Waals surface area contributed by atoms with Gasteiger partial charge in [-0.05, 0) is 69.7 Å². The van der Waals surface area contributed by atoms with Crippen molar-refractivity contribution in [2.75, 3.05) is 7.05 Å². The van der Waals surface area contributed by atoms with Crippen LogP contribution in [-0.2, 0) is 10.0 Å². The minimum absolute atomic E-state index is 0.123. The minimum Gasteiger partial charge on any atom is -0.335 e. The summed E-state index contributed by atoms with van der Waals surface area (Å²) in [5.74, 6) is -0.194. The highest BCUT2D eigenvalue weighted by Crippen LogP contribution is 2.23. The quantitative estimate of drug-likeness (QED) is 0.634. The van der Waals surface area contributed by atoms with E-state index in [2.05, 4.69) is 14.8 Å². The number of amides is 1. The summed E-state index contributed by atoms with van der Waals surface area (Å²) in [6.07, 6.45) is 3.09. The van der Waals surface area contributed by atoms with Gasteiger partial charge in [-0.25, -0.2) is 22.8 Å². The third kappa shape index (κ3) is 5.36. The maximum absolute atomic E-state index is 12.9. The van der Waals surface area contributed by atoms with Gasteiger partial charge in [0.05, 0.1) is 16.6 Å². The summed E-state index contributed by atoms with van der Waals surface area (Å²) >= 11 is 0. The molecule has 1 aromatic heterocycles. The van der Waals surface area contributed by atoms with Crippen LogP contribution >= 0.6 is 0 Å². The molecule has 31 heavy (non-hydrogen) atoms. The van der Waals surface area contributed by atoms with Crippen molar-refractivity contribution in [3.63, 3.8) is 0 Å². The third-order valence-electron chi connectivity index (χ3n) is 4.81. The Kier molecular flexibility index (Phi) is 6.28. The highest BCUT2D eigenvalue weighted by atomic mass is 32.2. The van der Waals surface area contributed by atoms with Gasteiger partial charge in [-0.15, -0.1) is 0 Å². The second kappa shape index (κ2) is 8.60. The monoisotopic (exact) mass is 441 g/mol. The fraction of sp³-hybridized carbons (Fsp3) is 0.318. The zero-order valence-electron chi connectivity index (χ0n) is 18.3. The summed E-state index contributed by atoms with van der Waals surface area (Å²) in [5.41, 5.74) is 1.67. The fourth-order valence-electron chi connectivity index (χ4n) is 3.09. The molecule has 0 saturated heterocycles. The Hall–Kier alpha value is -3.04. The zero-order valence-corrected chi connectivity index (χ0v) is 19.1. The molecule has 0 aliphatic rings. The molecule has 0 bridgehead atoms. The highest BCUT2D eigenvalue weighted by molar-refractivity contribution is 7.89. The maximum atomic E-state index is 12.9. The summed E-state index contributed by atoms with van der Waals surface area (Å²) in [6.45, 7) is 7.26. The number of rotatable bonds is 6. The number of aromatic nitrogens is 3. The van der Waals surface area contributed by atoms with E-state index in [0.717, 1.165) is 11.3 Å². The molecular formula is C22H27N5O3S. The molecule has 3 aromatic rings. The van der Waals surface area contributed by atoms with Gasteiger partial charge in [0.1, 0.15) is 12.7 Å². The molecule has 164 valence electrons. The second-order valence-electron chi connectivity index (χ2n) is 8.40. The van der Waals surface area contributed by atoms with E-state index >= 15 is 0 Å². The first-order valence-corrected chi connectivity index (χ1v) is 11.3. The molecule has 1 atom stereocenters. The van der Waals surface area contributed by atoms with E-state index < -0.39 is 15.6 Å². The first-order chi connectivity index (χ1) is 14.5. The molecule has 1 amide bonds. The van der Waals surface area contributed by atoms with Crippen molar-refractivity contribution in [3.8, 4) is 5.69 Å². The molecule has 1 heterocycles. The second-order valence-corrected chi connectivity index (χ2v) is 10.1. The SMILES string of the molecule is CC(c1ccc(-n2cncn2)cc1)N(C)C(=O)c1ccc(S(=O)(=O)NC(C)(C)C)cc1. The average Bonchev–Trinajstić information content (AvgIpc) is 3.25. The molecular weight excluding hydrogens is 414 g/mol. The van der Waals surface area contributed by atoms with E-state index in [1.807, 2.05) is 31.2 Å². The van der Waals surface area contributed by atoms with Crippen molar-refractivity contribution >= 4 is 15.9 Å². The number of carbonyl (C=O) groups is 1. The number of carbonyl (C=O) groups excluding carboxylic acids is 1. The zero-order chi connectivity index (χ0) is 22.8. The molecule has 0 aliphatic heterocycles. The van der Waals surface area contributed by atoms with Gasteiger partial charge in [0.2, 0.25) is 10.0 Å². The van der Waals surface area contributed by atoms with Gasteiger partial charge in [0.15, 0.2) is 0 Å². The number of nitrogens with one attached hydrogen (secondary N) is 1. The van der Waals surface area contributed by atoms with Crippen LogP contribution in [0.2, 0.25) is 0 Å². The number of hydrogen-bond donors (Lipinski definition) is 1. The maximum Gasteiger partial charge on any atom is 0.254 e. The van der Waals surface area contributed by atoms with Crippen LogP contribution in [0.4, 0.5) is 0 Å². The van der Waals surface area contributed by atoms with Crippen molar-refractivity contribution in [1.82, 2.24) is 24.4 Å².